The first-order chi connectivity index (χ1) is 42.4. The van der Waals surface area contributed by atoms with Crippen molar-refractivity contribution >= 4 is 19.7 Å². The third-order valence-electron chi connectivity index (χ3n) is 16.7. The number of nitrogens with zero attached hydrogens (tertiary/aromatic N) is 1. The Labute approximate surface area is 540 Å². The number of likely N-dealkylation sites (N-methyl/N-ethyl adjacent to an activating group) is 1. The zero-order valence-corrected chi connectivity index (χ0v) is 59.1. The summed E-state index contributed by atoms with van der Waals surface area (Å²) in [4.78, 5) is 40.3. The van der Waals surface area contributed by atoms with Gasteiger partial charge in [-0.2, -0.15) is 0 Å². The zero-order chi connectivity index (χ0) is 63.5. The lowest BCUT2D eigenvalue weighted by Gasteiger charge is -2.30. The average Bonchev–Trinajstić information content (AvgIpc) is 3.69. The van der Waals surface area contributed by atoms with Crippen molar-refractivity contribution in [1.82, 2.24) is 5.32 Å². The van der Waals surface area contributed by atoms with Crippen molar-refractivity contribution in [1.29, 1.82) is 0 Å². The molecule has 9 nitrogen and oxygen atoms in total. The molecule has 87 heavy (non-hydrogen) atoms. The van der Waals surface area contributed by atoms with E-state index in [1.54, 1.807) is 0 Å². The second kappa shape index (κ2) is 66.4. The van der Waals surface area contributed by atoms with Crippen molar-refractivity contribution in [2.75, 3.05) is 40.9 Å². The number of esters is 1. The van der Waals surface area contributed by atoms with Gasteiger partial charge in [-0.3, -0.25) is 14.2 Å². The smallest absolute Gasteiger partial charge is 0.306 e. The van der Waals surface area contributed by atoms with Gasteiger partial charge in [0.05, 0.1) is 33.8 Å². The number of quaternary nitrogens is 1. The highest BCUT2D eigenvalue weighted by atomic mass is 31.2. The Kier molecular flexibility index (Phi) is 64.4. The van der Waals surface area contributed by atoms with Crippen molar-refractivity contribution in [3.05, 3.63) is 72.9 Å². The van der Waals surface area contributed by atoms with E-state index in [-0.39, 0.29) is 31.5 Å². The number of unbranched alkanes of at least 4 members (excludes halogenated alkanes) is 42. The summed E-state index contributed by atoms with van der Waals surface area (Å²) in [6.07, 6.45) is 87.4. The average molecular weight is 1240 g/mol. The van der Waals surface area contributed by atoms with Crippen LogP contribution in [0.25, 0.3) is 0 Å². The molecule has 0 saturated carbocycles. The summed E-state index contributed by atoms with van der Waals surface area (Å²) in [5, 5.41) is 3.05. The largest absolute Gasteiger partial charge is 0.756 e. The van der Waals surface area contributed by atoms with Gasteiger partial charge in [0, 0.05) is 12.8 Å². The molecule has 0 bridgehead atoms. The van der Waals surface area contributed by atoms with E-state index in [1.807, 2.05) is 33.3 Å². The highest BCUT2D eigenvalue weighted by Crippen LogP contribution is 2.38. The monoisotopic (exact) mass is 1240 g/mol. The lowest BCUT2D eigenvalue weighted by molar-refractivity contribution is -0.870. The number of hydrogen-bond acceptors (Lipinski definition) is 7. The fraction of sp³-hybridized carbons (Fsp3) is 0.818. The van der Waals surface area contributed by atoms with E-state index in [2.05, 4.69) is 86.8 Å². The van der Waals surface area contributed by atoms with Crippen molar-refractivity contribution < 1.29 is 37.3 Å². The number of phosphoric ester groups is 1. The number of allylic oxidation sites excluding steroid dienone is 11. The molecule has 3 atom stereocenters. The van der Waals surface area contributed by atoms with Crippen molar-refractivity contribution in [3.8, 4) is 0 Å². The van der Waals surface area contributed by atoms with Crippen LogP contribution in [0.15, 0.2) is 72.9 Å². The summed E-state index contributed by atoms with van der Waals surface area (Å²) in [6, 6.07) is -0.892. The summed E-state index contributed by atoms with van der Waals surface area (Å²) < 4.78 is 30.5. The lowest BCUT2D eigenvalue weighted by Crippen LogP contribution is -2.47. The molecule has 0 saturated heterocycles. The van der Waals surface area contributed by atoms with Gasteiger partial charge in [0.15, 0.2) is 0 Å². The first kappa shape index (κ1) is 84.5. The molecule has 0 fully saturated rings. The first-order valence-corrected chi connectivity index (χ1v) is 38.7. The normalized spacial score (nSPS) is 13.9. The topological polar surface area (TPSA) is 114 Å². The second-order valence-corrected chi connectivity index (χ2v) is 27.8. The Morgan fingerprint density at radius 2 is 0.736 bits per heavy atom. The maximum atomic E-state index is 13.6. The molecule has 0 aromatic heterocycles. The molecule has 0 heterocycles. The number of ether oxygens (including phenoxy) is 1. The number of carbonyl (C=O) groups excluding carboxylic acids is 2. The van der Waals surface area contributed by atoms with Crippen molar-refractivity contribution in [2.45, 2.75) is 367 Å². The predicted octanol–water partition coefficient (Wildman–Crippen LogP) is 23.3. The minimum atomic E-state index is -4.71. The molecule has 10 heteroatoms. The SMILES string of the molecule is CC/C=C\C/C=C\C/C=C\C/C=C\C/C=C\CCCCCCCCCCCCCC(=O)NC(COP(=O)([O-])OCC[N+](C)(C)C)C(/C=C\CCCCCCCCCCCCC)OC(=O)CCCCCCCCCCCCCCCCCCCCCCC. The van der Waals surface area contributed by atoms with Gasteiger partial charge in [-0.15, -0.1) is 0 Å². The van der Waals surface area contributed by atoms with Gasteiger partial charge in [0.25, 0.3) is 7.82 Å². The van der Waals surface area contributed by atoms with Crippen LogP contribution in [0, 0.1) is 0 Å². The Hall–Kier alpha value is -2.55. The number of hydrogen-bond donors (Lipinski definition) is 1. The standard InChI is InChI=1S/C77H143N2O7P/c1-7-10-13-16-19-22-25-28-30-32-34-36-37-38-39-40-41-43-44-46-48-51-54-57-60-63-66-69-76(80)78-74(73-85-87(82,83)84-72-71-79(4,5)6)75(68-65-62-59-56-53-50-27-24-21-18-15-12-9-3)86-77(81)70-67-64-61-58-55-52-49-47-45-42-35-33-31-29-26-23-20-17-14-11-8-2/h10,13,19,22,28,30,34,36,38-39,65,68,74-75H,7-9,11-12,14-18,20-21,23-27,29,31-33,35,37,40-64,66-67,69-73H2,1-6H3,(H-,78,80,82,83)/b13-10-,22-19-,30-28-,36-34-,39-38-,68-65-. The number of amides is 1. The number of carbonyl (C=O) groups is 2. The molecule has 1 N–H and O–H groups in total. The fourth-order valence-corrected chi connectivity index (χ4v) is 11.7. The van der Waals surface area contributed by atoms with Crippen LogP contribution in [0.4, 0.5) is 0 Å². The zero-order valence-electron chi connectivity index (χ0n) is 58.2. The number of phosphoric acid groups is 1. The molecule has 0 aliphatic carbocycles. The van der Waals surface area contributed by atoms with Gasteiger partial charge in [0.1, 0.15) is 19.3 Å². The summed E-state index contributed by atoms with van der Waals surface area (Å²) >= 11 is 0. The summed E-state index contributed by atoms with van der Waals surface area (Å²) in [5.74, 6) is -0.529. The van der Waals surface area contributed by atoms with Crippen molar-refractivity contribution in [3.63, 3.8) is 0 Å². The van der Waals surface area contributed by atoms with Crippen LogP contribution in [0.5, 0.6) is 0 Å². The molecule has 1 amide bonds. The molecule has 3 unspecified atom stereocenters. The summed E-state index contributed by atoms with van der Waals surface area (Å²) in [5.41, 5.74) is 0. The minimum Gasteiger partial charge on any atom is -0.756 e. The minimum absolute atomic E-state index is 0.0228. The molecule has 0 aliphatic heterocycles. The molecule has 0 aliphatic rings. The van der Waals surface area contributed by atoms with E-state index >= 15 is 0 Å². The van der Waals surface area contributed by atoms with Crippen LogP contribution in [-0.4, -0.2) is 69.4 Å². The number of nitrogens with one attached hydrogen (secondary N) is 1. The predicted molar refractivity (Wildman–Crippen MR) is 376 cm³/mol. The molecule has 0 aromatic carbocycles. The third kappa shape index (κ3) is 67.7. The fourth-order valence-electron chi connectivity index (χ4n) is 11.0. The van der Waals surface area contributed by atoms with Gasteiger partial charge in [-0.1, -0.05) is 338 Å². The van der Waals surface area contributed by atoms with E-state index in [0.29, 0.717) is 17.4 Å². The second-order valence-electron chi connectivity index (χ2n) is 26.4. The van der Waals surface area contributed by atoms with Crippen LogP contribution < -0.4 is 10.2 Å². The van der Waals surface area contributed by atoms with Crippen LogP contribution in [0.1, 0.15) is 355 Å². The quantitative estimate of drug-likeness (QED) is 0.0212. The lowest BCUT2D eigenvalue weighted by atomic mass is 10.0. The van der Waals surface area contributed by atoms with E-state index in [0.717, 1.165) is 96.3 Å². The maximum absolute atomic E-state index is 13.6. The van der Waals surface area contributed by atoms with E-state index < -0.39 is 20.0 Å². The van der Waals surface area contributed by atoms with Crippen molar-refractivity contribution in [2.24, 2.45) is 0 Å². The van der Waals surface area contributed by atoms with Gasteiger partial charge < -0.3 is 28.5 Å². The van der Waals surface area contributed by atoms with E-state index in [4.69, 9.17) is 13.8 Å². The van der Waals surface area contributed by atoms with E-state index in [9.17, 15) is 19.0 Å². The Morgan fingerprint density at radius 3 is 1.10 bits per heavy atom. The highest BCUT2D eigenvalue weighted by molar-refractivity contribution is 7.45. The molecule has 508 valence electrons. The molecular weight excluding hydrogens is 1100 g/mol. The van der Waals surface area contributed by atoms with Crippen LogP contribution in [-0.2, 0) is 27.9 Å². The first-order valence-electron chi connectivity index (χ1n) is 37.2. The molecule has 0 rings (SSSR count). The van der Waals surface area contributed by atoms with Gasteiger partial charge in [-0.05, 0) is 76.7 Å². The van der Waals surface area contributed by atoms with Gasteiger partial charge >= 0.3 is 5.97 Å². The van der Waals surface area contributed by atoms with Crippen LogP contribution in [0.3, 0.4) is 0 Å². The van der Waals surface area contributed by atoms with E-state index in [1.165, 1.54) is 225 Å². The molecule has 0 radical (unpaired) electrons. The Bertz CT molecular complexity index is 1720. The van der Waals surface area contributed by atoms with Gasteiger partial charge in [0.2, 0.25) is 5.91 Å². The molecule has 0 spiro atoms. The third-order valence-corrected chi connectivity index (χ3v) is 17.6. The molecular formula is C77H143N2O7P. The van der Waals surface area contributed by atoms with Gasteiger partial charge in [-0.25, -0.2) is 0 Å². The highest BCUT2D eigenvalue weighted by Gasteiger charge is 2.27. The summed E-state index contributed by atoms with van der Waals surface area (Å²) in [7, 11) is 1.19. The van der Waals surface area contributed by atoms with Crippen LogP contribution in [0.2, 0.25) is 0 Å². The Morgan fingerprint density at radius 1 is 0.414 bits per heavy atom. The summed E-state index contributed by atoms with van der Waals surface area (Å²) in [6.45, 7) is 6.78. The van der Waals surface area contributed by atoms with Crippen LogP contribution >= 0.6 is 7.82 Å². The number of rotatable bonds is 68. The Balaban J connectivity index is 5.03. The maximum Gasteiger partial charge on any atom is 0.306 e. The molecule has 0 aromatic rings.